The van der Waals surface area contributed by atoms with Crippen LogP contribution in [0.2, 0.25) is 5.02 Å². The molecule has 3 N–H and O–H groups in total. The standard InChI is InChI=1S/C20H18ClN3O3/c21-13-8-6-12(7-9-13)19-16-17(14-4-1-2-5-15(14)26)22-23-18(16)20(27)24(19)10-3-11-25/h1-2,4-9,19,25-26H,3,10-11H2,(H,22,23). The second kappa shape index (κ2) is 7.06. The number of hydrogen-bond acceptors (Lipinski definition) is 4. The first-order valence-corrected chi connectivity index (χ1v) is 9.03. The van der Waals surface area contributed by atoms with Gasteiger partial charge in [-0.05, 0) is 36.2 Å². The Hall–Kier alpha value is -2.83. The molecule has 0 saturated carbocycles. The van der Waals surface area contributed by atoms with Gasteiger partial charge in [-0.3, -0.25) is 9.89 Å². The summed E-state index contributed by atoms with van der Waals surface area (Å²) >= 11 is 6.03. The summed E-state index contributed by atoms with van der Waals surface area (Å²) in [6.07, 6.45) is 0.472. The highest BCUT2D eigenvalue weighted by Crippen LogP contribution is 2.44. The summed E-state index contributed by atoms with van der Waals surface area (Å²) in [4.78, 5) is 14.7. The highest BCUT2D eigenvalue weighted by Gasteiger charge is 2.42. The van der Waals surface area contributed by atoms with Crippen molar-refractivity contribution in [3.05, 3.63) is 70.4 Å². The zero-order valence-corrected chi connectivity index (χ0v) is 15.1. The molecule has 1 unspecified atom stereocenters. The number of rotatable bonds is 5. The molecule has 2 aromatic carbocycles. The van der Waals surface area contributed by atoms with Gasteiger partial charge in [0, 0.05) is 29.3 Å². The lowest BCUT2D eigenvalue weighted by Gasteiger charge is -2.26. The number of fused-ring (bicyclic) bond motifs is 1. The molecule has 1 aliphatic heterocycles. The van der Waals surface area contributed by atoms with E-state index in [2.05, 4.69) is 10.2 Å². The van der Waals surface area contributed by atoms with Gasteiger partial charge in [0.15, 0.2) is 0 Å². The molecule has 0 saturated heterocycles. The third-order valence-electron chi connectivity index (χ3n) is 4.77. The first-order chi connectivity index (χ1) is 13.1. The molecule has 7 heteroatoms. The van der Waals surface area contributed by atoms with Crippen LogP contribution in [0.15, 0.2) is 48.5 Å². The van der Waals surface area contributed by atoms with Crippen LogP contribution in [-0.4, -0.2) is 44.4 Å². The van der Waals surface area contributed by atoms with Gasteiger partial charge in [-0.25, -0.2) is 0 Å². The fraction of sp³-hybridized carbons (Fsp3) is 0.200. The Morgan fingerprint density at radius 1 is 1.15 bits per heavy atom. The van der Waals surface area contributed by atoms with Crippen LogP contribution in [0.4, 0.5) is 0 Å². The van der Waals surface area contributed by atoms with Crippen molar-refractivity contribution in [2.45, 2.75) is 12.5 Å². The van der Waals surface area contributed by atoms with Crippen LogP contribution >= 0.6 is 11.6 Å². The summed E-state index contributed by atoms with van der Waals surface area (Å²) in [6.45, 7) is 0.404. The van der Waals surface area contributed by atoms with Gasteiger partial charge in [-0.2, -0.15) is 5.10 Å². The molecule has 0 bridgehead atoms. The highest BCUT2D eigenvalue weighted by atomic mass is 35.5. The number of halogens is 1. The van der Waals surface area contributed by atoms with E-state index in [1.165, 1.54) is 0 Å². The minimum Gasteiger partial charge on any atom is -0.507 e. The average Bonchev–Trinajstić information content (AvgIpc) is 3.21. The van der Waals surface area contributed by atoms with Crippen LogP contribution in [0.5, 0.6) is 5.75 Å². The van der Waals surface area contributed by atoms with Crippen LogP contribution < -0.4 is 0 Å². The van der Waals surface area contributed by atoms with E-state index >= 15 is 0 Å². The molecule has 0 fully saturated rings. The molecular formula is C20H18ClN3O3. The lowest BCUT2D eigenvalue weighted by Crippen LogP contribution is -2.31. The van der Waals surface area contributed by atoms with Gasteiger partial charge in [-0.1, -0.05) is 35.9 Å². The van der Waals surface area contributed by atoms with E-state index in [9.17, 15) is 15.0 Å². The molecule has 138 valence electrons. The highest BCUT2D eigenvalue weighted by molar-refractivity contribution is 6.30. The van der Waals surface area contributed by atoms with Crippen molar-refractivity contribution >= 4 is 17.5 Å². The number of para-hydroxylation sites is 1. The molecular weight excluding hydrogens is 366 g/mol. The number of aromatic hydroxyl groups is 1. The number of phenolic OH excluding ortho intramolecular Hbond substituents is 1. The summed E-state index contributed by atoms with van der Waals surface area (Å²) in [5.41, 5.74) is 3.13. The molecule has 0 spiro atoms. The van der Waals surface area contributed by atoms with E-state index in [4.69, 9.17) is 11.6 Å². The molecule has 6 nitrogen and oxygen atoms in total. The minimum absolute atomic E-state index is 0.00433. The van der Waals surface area contributed by atoms with Gasteiger partial charge < -0.3 is 15.1 Å². The van der Waals surface area contributed by atoms with Crippen molar-refractivity contribution in [1.82, 2.24) is 15.1 Å². The van der Waals surface area contributed by atoms with Crippen LogP contribution in [0.25, 0.3) is 11.3 Å². The molecule has 27 heavy (non-hydrogen) atoms. The smallest absolute Gasteiger partial charge is 0.273 e. The van der Waals surface area contributed by atoms with Crippen molar-refractivity contribution in [3.63, 3.8) is 0 Å². The van der Waals surface area contributed by atoms with Crippen LogP contribution in [0, 0.1) is 0 Å². The number of aliphatic hydroxyl groups excluding tert-OH is 1. The van der Waals surface area contributed by atoms with E-state index in [1.54, 1.807) is 35.2 Å². The number of aromatic amines is 1. The maximum absolute atomic E-state index is 13.0. The van der Waals surface area contributed by atoms with Gasteiger partial charge >= 0.3 is 0 Å². The van der Waals surface area contributed by atoms with Gasteiger partial charge in [0.25, 0.3) is 5.91 Å². The van der Waals surface area contributed by atoms with Crippen LogP contribution in [0.3, 0.4) is 0 Å². The largest absolute Gasteiger partial charge is 0.507 e. The van der Waals surface area contributed by atoms with E-state index < -0.39 is 0 Å². The Labute approximate surface area is 161 Å². The zero-order chi connectivity index (χ0) is 19.0. The van der Waals surface area contributed by atoms with E-state index in [0.717, 1.165) is 11.1 Å². The molecule has 0 aliphatic carbocycles. The second-order valence-electron chi connectivity index (χ2n) is 6.41. The Kier molecular flexibility index (Phi) is 4.59. The maximum Gasteiger partial charge on any atom is 0.273 e. The number of carbonyl (C=O) groups excluding carboxylic acids is 1. The minimum atomic E-state index is -0.371. The van der Waals surface area contributed by atoms with E-state index in [0.29, 0.717) is 34.9 Å². The van der Waals surface area contributed by atoms with Gasteiger partial charge in [0.1, 0.15) is 17.1 Å². The summed E-state index contributed by atoms with van der Waals surface area (Å²) < 4.78 is 0. The SMILES string of the molecule is O=C1c2[nH]nc(-c3ccccc3O)c2C(c2ccc(Cl)cc2)N1CCCO. The maximum atomic E-state index is 13.0. The normalized spacial score (nSPS) is 16.0. The predicted molar refractivity (Wildman–Crippen MR) is 102 cm³/mol. The van der Waals surface area contributed by atoms with Gasteiger partial charge in [0.05, 0.1) is 6.04 Å². The number of nitrogens with one attached hydrogen (secondary N) is 1. The molecule has 3 aromatic rings. The summed E-state index contributed by atoms with van der Waals surface area (Å²) in [7, 11) is 0. The van der Waals surface area contributed by atoms with Crippen LogP contribution in [0.1, 0.15) is 34.1 Å². The quantitative estimate of drug-likeness (QED) is 0.630. The van der Waals surface area contributed by atoms with Crippen molar-refractivity contribution in [3.8, 4) is 17.0 Å². The number of H-pyrrole nitrogens is 1. The zero-order valence-electron chi connectivity index (χ0n) is 14.4. The molecule has 4 rings (SSSR count). The molecule has 1 amide bonds. The average molecular weight is 384 g/mol. The summed E-state index contributed by atoms with van der Waals surface area (Å²) in [5, 5.41) is 27.3. The van der Waals surface area contributed by atoms with Gasteiger partial charge in [0.2, 0.25) is 0 Å². The molecule has 1 aromatic heterocycles. The third kappa shape index (κ3) is 2.97. The number of phenols is 1. The summed E-state index contributed by atoms with van der Waals surface area (Å²) in [6, 6.07) is 13.9. The Balaban J connectivity index is 1.88. The first-order valence-electron chi connectivity index (χ1n) is 8.65. The fourth-order valence-corrected chi connectivity index (χ4v) is 3.67. The number of aliphatic hydroxyl groups is 1. The monoisotopic (exact) mass is 383 g/mol. The molecule has 1 aliphatic rings. The Bertz CT molecular complexity index is 984. The molecule has 0 radical (unpaired) electrons. The van der Waals surface area contributed by atoms with Crippen molar-refractivity contribution < 1.29 is 15.0 Å². The van der Waals surface area contributed by atoms with Crippen molar-refractivity contribution in [1.29, 1.82) is 0 Å². The van der Waals surface area contributed by atoms with E-state index in [-0.39, 0.29) is 24.3 Å². The molecule has 2 heterocycles. The Morgan fingerprint density at radius 3 is 2.59 bits per heavy atom. The number of aromatic nitrogens is 2. The fourth-order valence-electron chi connectivity index (χ4n) is 3.54. The third-order valence-corrected chi connectivity index (χ3v) is 5.02. The number of hydrogen-bond donors (Lipinski definition) is 3. The first kappa shape index (κ1) is 17.6. The molecule has 1 atom stereocenters. The lowest BCUT2D eigenvalue weighted by molar-refractivity contribution is 0.0732. The second-order valence-corrected chi connectivity index (χ2v) is 6.84. The van der Waals surface area contributed by atoms with Gasteiger partial charge in [-0.15, -0.1) is 0 Å². The predicted octanol–water partition coefficient (Wildman–Crippen LogP) is 3.36. The summed E-state index contributed by atoms with van der Waals surface area (Å²) in [5.74, 6) is -0.0736. The van der Waals surface area contributed by atoms with Crippen LogP contribution in [-0.2, 0) is 0 Å². The van der Waals surface area contributed by atoms with Crippen molar-refractivity contribution in [2.24, 2.45) is 0 Å². The number of benzene rings is 2. The van der Waals surface area contributed by atoms with Crippen molar-refractivity contribution in [2.75, 3.05) is 13.2 Å². The Morgan fingerprint density at radius 2 is 1.89 bits per heavy atom. The lowest BCUT2D eigenvalue weighted by atomic mass is 9.95. The van der Waals surface area contributed by atoms with E-state index in [1.807, 2.05) is 18.2 Å². The topological polar surface area (TPSA) is 89.5 Å². The number of nitrogens with zero attached hydrogens (tertiary/aromatic N) is 2. The number of amides is 1. The number of carbonyl (C=O) groups is 1.